The van der Waals surface area contributed by atoms with Gasteiger partial charge in [-0.25, -0.2) is 0 Å². The number of benzene rings is 1. The Kier molecular flexibility index (Phi) is 5.64. The molecule has 1 aliphatic carbocycles. The van der Waals surface area contributed by atoms with Gasteiger partial charge in [0.1, 0.15) is 0 Å². The van der Waals surface area contributed by atoms with Crippen molar-refractivity contribution in [2.45, 2.75) is 39.0 Å². The van der Waals surface area contributed by atoms with Crippen molar-refractivity contribution in [1.82, 2.24) is 15.2 Å². The van der Waals surface area contributed by atoms with Crippen LogP contribution in [0.15, 0.2) is 36.0 Å². The van der Waals surface area contributed by atoms with E-state index in [0.717, 1.165) is 30.0 Å². The van der Waals surface area contributed by atoms with Crippen LogP contribution in [0.3, 0.4) is 0 Å². The lowest BCUT2D eigenvalue weighted by Crippen LogP contribution is -2.08. The van der Waals surface area contributed by atoms with Crippen LogP contribution in [0.25, 0.3) is 0 Å². The molecule has 0 saturated heterocycles. The molecule has 126 valence electrons. The van der Waals surface area contributed by atoms with Gasteiger partial charge >= 0.3 is 0 Å². The van der Waals surface area contributed by atoms with Gasteiger partial charge in [-0.1, -0.05) is 29.3 Å². The number of nitrogens with zero attached hydrogens (tertiary/aromatic N) is 3. The summed E-state index contributed by atoms with van der Waals surface area (Å²) in [4.78, 5) is 4.46. The maximum atomic E-state index is 6.14. The molecule has 0 unspecified atom stereocenters. The first kappa shape index (κ1) is 16.7. The van der Waals surface area contributed by atoms with Crippen LogP contribution in [0.4, 0.5) is 17.5 Å². The molecule has 0 radical (unpaired) electrons. The molecule has 6 heteroatoms. The molecule has 1 heterocycles. The summed E-state index contributed by atoms with van der Waals surface area (Å²) >= 11 is 6.14. The van der Waals surface area contributed by atoms with E-state index in [9.17, 15) is 0 Å². The first-order chi connectivity index (χ1) is 11.7. The van der Waals surface area contributed by atoms with Gasteiger partial charge in [0, 0.05) is 17.3 Å². The van der Waals surface area contributed by atoms with Gasteiger partial charge in [-0.05, 0) is 56.7 Å². The number of nitrogens with one attached hydrogen (secondary N) is 2. The lowest BCUT2D eigenvalue weighted by molar-refractivity contribution is 0.679. The van der Waals surface area contributed by atoms with Gasteiger partial charge in [-0.2, -0.15) is 10.1 Å². The zero-order chi connectivity index (χ0) is 16.8. The Balaban J connectivity index is 1.59. The van der Waals surface area contributed by atoms with Crippen LogP contribution in [-0.4, -0.2) is 21.7 Å². The molecule has 0 atom stereocenters. The molecule has 2 N–H and O–H groups in total. The van der Waals surface area contributed by atoms with Crippen molar-refractivity contribution in [3.05, 3.63) is 46.6 Å². The fourth-order valence-electron chi connectivity index (χ4n) is 2.79. The number of hydrogen-bond donors (Lipinski definition) is 2. The second kappa shape index (κ2) is 8.11. The summed E-state index contributed by atoms with van der Waals surface area (Å²) in [6, 6.07) is 5.70. The predicted molar refractivity (Wildman–Crippen MR) is 99.0 cm³/mol. The van der Waals surface area contributed by atoms with Crippen molar-refractivity contribution in [1.29, 1.82) is 0 Å². The van der Waals surface area contributed by atoms with E-state index in [1.807, 2.05) is 25.1 Å². The third kappa shape index (κ3) is 4.45. The topological polar surface area (TPSA) is 62.7 Å². The van der Waals surface area contributed by atoms with Gasteiger partial charge in [0.05, 0.1) is 6.20 Å². The maximum Gasteiger partial charge on any atom is 0.249 e. The van der Waals surface area contributed by atoms with Gasteiger partial charge < -0.3 is 10.6 Å². The second-order valence-corrected chi connectivity index (χ2v) is 6.39. The third-order valence-electron chi connectivity index (χ3n) is 4.21. The highest BCUT2D eigenvalue weighted by molar-refractivity contribution is 6.31. The number of rotatable bonds is 6. The highest BCUT2D eigenvalue weighted by atomic mass is 35.5. The van der Waals surface area contributed by atoms with Crippen molar-refractivity contribution < 1.29 is 0 Å². The molecular formula is C18H22ClN5. The molecule has 24 heavy (non-hydrogen) atoms. The fraction of sp³-hybridized carbons (Fsp3) is 0.389. The molecule has 0 amide bonds. The Morgan fingerprint density at radius 2 is 2.17 bits per heavy atom. The highest BCUT2D eigenvalue weighted by Crippen LogP contribution is 2.25. The Labute approximate surface area is 147 Å². The van der Waals surface area contributed by atoms with Crippen molar-refractivity contribution in [3.63, 3.8) is 0 Å². The molecule has 0 spiro atoms. The van der Waals surface area contributed by atoms with Crippen LogP contribution in [0.5, 0.6) is 0 Å². The van der Waals surface area contributed by atoms with E-state index in [2.05, 4.69) is 31.9 Å². The molecule has 2 aromatic rings. The largest absolute Gasteiger partial charge is 0.368 e. The van der Waals surface area contributed by atoms with E-state index >= 15 is 0 Å². The van der Waals surface area contributed by atoms with Gasteiger partial charge in [0.25, 0.3) is 0 Å². The van der Waals surface area contributed by atoms with Gasteiger partial charge in [-0.15, -0.1) is 5.10 Å². The smallest absolute Gasteiger partial charge is 0.249 e. The quantitative estimate of drug-likeness (QED) is 0.732. The van der Waals surface area contributed by atoms with Crippen LogP contribution >= 0.6 is 11.6 Å². The predicted octanol–water partition coefficient (Wildman–Crippen LogP) is 4.88. The molecule has 1 aromatic carbocycles. The van der Waals surface area contributed by atoms with Crippen molar-refractivity contribution in [2.75, 3.05) is 17.2 Å². The van der Waals surface area contributed by atoms with Crippen LogP contribution in [0.2, 0.25) is 5.02 Å². The summed E-state index contributed by atoms with van der Waals surface area (Å²) in [5.74, 6) is 1.19. The number of aromatic nitrogens is 3. The van der Waals surface area contributed by atoms with E-state index in [-0.39, 0.29) is 0 Å². The molecule has 1 aromatic heterocycles. The van der Waals surface area contributed by atoms with E-state index in [1.165, 1.54) is 25.7 Å². The molecule has 0 aliphatic heterocycles. The molecular weight excluding hydrogens is 322 g/mol. The zero-order valence-electron chi connectivity index (χ0n) is 13.8. The Morgan fingerprint density at radius 3 is 3.00 bits per heavy atom. The summed E-state index contributed by atoms with van der Waals surface area (Å²) in [6.07, 6.45) is 10.2. The number of anilines is 3. The minimum atomic E-state index is 0.460. The summed E-state index contributed by atoms with van der Waals surface area (Å²) in [6.45, 7) is 2.82. The number of hydrogen-bond acceptors (Lipinski definition) is 5. The minimum Gasteiger partial charge on any atom is -0.368 e. The Morgan fingerprint density at radius 1 is 1.25 bits per heavy atom. The van der Waals surface area contributed by atoms with Gasteiger partial charge in [-0.3, -0.25) is 0 Å². The maximum absolute atomic E-state index is 6.14. The Hall–Kier alpha value is -2.14. The van der Waals surface area contributed by atoms with E-state index in [4.69, 9.17) is 11.6 Å². The average molecular weight is 344 g/mol. The molecule has 5 nitrogen and oxygen atoms in total. The van der Waals surface area contributed by atoms with Gasteiger partial charge in [0.15, 0.2) is 5.82 Å². The standard InChI is InChI=1S/C18H22ClN5/c1-13-15(19)8-5-9-16(13)22-18-23-17(12-21-24-18)20-11-10-14-6-3-2-4-7-14/h5-6,8-9,12H,2-4,7,10-11H2,1H3,(H2,20,22,23,24). The van der Waals surface area contributed by atoms with E-state index in [0.29, 0.717) is 11.0 Å². The highest BCUT2D eigenvalue weighted by Gasteiger charge is 2.06. The van der Waals surface area contributed by atoms with Gasteiger partial charge in [0.2, 0.25) is 5.95 Å². The second-order valence-electron chi connectivity index (χ2n) is 5.99. The molecule has 0 bridgehead atoms. The monoisotopic (exact) mass is 343 g/mol. The molecule has 0 fully saturated rings. The van der Waals surface area contributed by atoms with Crippen molar-refractivity contribution in [3.8, 4) is 0 Å². The first-order valence-electron chi connectivity index (χ1n) is 8.36. The lowest BCUT2D eigenvalue weighted by Gasteiger charge is -2.13. The Bertz CT molecular complexity index is 729. The van der Waals surface area contributed by atoms with Crippen LogP contribution in [-0.2, 0) is 0 Å². The first-order valence-corrected chi connectivity index (χ1v) is 8.74. The van der Waals surface area contributed by atoms with Crippen molar-refractivity contribution >= 4 is 29.1 Å². The zero-order valence-corrected chi connectivity index (χ0v) is 14.6. The number of allylic oxidation sites excluding steroid dienone is 1. The van der Waals surface area contributed by atoms with Crippen LogP contribution in [0.1, 0.15) is 37.7 Å². The molecule has 1 aliphatic rings. The van der Waals surface area contributed by atoms with E-state index in [1.54, 1.807) is 11.8 Å². The van der Waals surface area contributed by atoms with Crippen molar-refractivity contribution in [2.24, 2.45) is 0 Å². The van der Waals surface area contributed by atoms with Crippen LogP contribution < -0.4 is 10.6 Å². The molecule has 3 rings (SSSR count). The summed E-state index contributed by atoms with van der Waals surface area (Å²) in [5, 5.41) is 15.3. The third-order valence-corrected chi connectivity index (χ3v) is 4.62. The molecule has 0 saturated carbocycles. The summed E-state index contributed by atoms with van der Waals surface area (Å²) in [7, 11) is 0. The normalized spacial score (nSPS) is 14.2. The average Bonchev–Trinajstić information content (AvgIpc) is 2.60. The summed E-state index contributed by atoms with van der Waals surface area (Å²) < 4.78 is 0. The lowest BCUT2D eigenvalue weighted by atomic mass is 9.97. The fourth-order valence-corrected chi connectivity index (χ4v) is 2.96. The van der Waals surface area contributed by atoms with Crippen LogP contribution in [0, 0.1) is 6.92 Å². The van der Waals surface area contributed by atoms with E-state index < -0.39 is 0 Å². The SMILES string of the molecule is Cc1c(Cl)cccc1Nc1nncc(NCCC2=CCCCC2)n1. The summed E-state index contributed by atoms with van der Waals surface area (Å²) in [5.41, 5.74) is 3.39. The number of halogens is 1. The minimum absolute atomic E-state index is 0.460.